The van der Waals surface area contributed by atoms with Crippen molar-refractivity contribution in [1.82, 2.24) is 10.3 Å². The fourth-order valence-corrected chi connectivity index (χ4v) is 5.76. The molecule has 0 saturated carbocycles. The molecule has 3 unspecified atom stereocenters. The monoisotopic (exact) mass is 369 g/mol. The van der Waals surface area contributed by atoms with Crippen LogP contribution in [-0.4, -0.2) is 23.0 Å². The van der Waals surface area contributed by atoms with Crippen molar-refractivity contribution in [1.29, 1.82) is 0 Å². The molecule has 2 N–H and O–H groups in total. The Labute approximate surface area is 154 Å². The maximum absolute atomic E-state index is 12.4. The summed E-state index contributed by atoms with van der Waals surface area (Å²) in [6, 6.07) is 1.31. The molecule has 134 valence electrons. The van der Waals surface area contributed by atoms with E-state index in [9.17, 15) is 4.79 Å². The van der Waals surface area contributed by atoms with E-state index in [1.54, 1.807) is 11.3 Å². The third kappa shape index (κ3) is 3.94. The highest BCUT2D eigenvalue weighted by molar-refractivity contribution is 7.15. The average Bonchev–Trinajstić information content (AvgIpc) is 3.08. The van der Waals surface area contributed by atoms with Crippen LogP contribution in [0.1, 0.15) is 62.4 Å². The Morgan fingerprint density at radius 2 is 2.00 bits per heavy atom. The summed E-state index contributed by atoms with van der Waals surface area (Å²) < 4.78 is 0. The minimum Gasteiger partial charge on any atom is -0.311 e. The quantitative estimate of drug-likeness (QED) is 0.845. The molecule has 4 rings (SSSR count). The van der Waals surface area contributed by atoms with Gasteiger partial charge in [-0.15, -0.1) is 23.7 Å². The number of carbonyl (C=O) groups is 1. The Morgan fingerprint density at radius 3 is 2.71 bits per heavy atom. The Morgan fingerprint density at radius 1 is 1.25 bits per heavy atom. The van der Waals surface area contributed by atoms with E-state index in [1.807, 2.05) is 0 Å². The van der Waals surface area contributed by atoms with Crippen LogP contribution >= 0.6 is 23.7 Å². The number of piperidine rings is 1. The summed E-state index contributed by atoms with van der Waals surface area (Å²) in [4.78, 5) is 18.5. The topological polar surface area (TPSA) is 54.0 Å². The summed E-state index contributed by atoms with van der Waals surface area (Å²) in [6.45, 7) is 2.27. The molecule has 2 aliphatic heterocycles. The normalized spacial score (nSPS) is 31.2. The number of nitrogens with zero attached hydrogens (tertiary/aromatic N) is 1. The van der Waals surface area contributed by atoms with E-state index in [4.69, 9.17) is 0 Å². The number of nitrogens with one attached hydrogen (secondary N) is 2. The molecule has 4 nitrogen and oxygen atoms in total. The Hall–Kier alpha value is -0.650. The molecule has 1 aromatic heterocycles. The second-order valence-corrected chi connectivity index (χ2v) is 8.72. The number of anilines is 1. The molecule has 2 bridgehead atoms. The highest BCUT2D eigenvalue weighted by Crippen LogP contribution is 2.35. The Kier molecular flexibility index (Phi) is 5.83. The van der Waals surface area contributed by atoms with Crippen LogP contribution < -0.4 is 10.6 Å². The van der Waals surface area contributed by atoms with Crippen molar-refractivity contribution in [3.05, 3.63) is 10.6 Å². The van der Waals surface area contributed by atoms with Crippen molar-refractivity contribution >= 4 is 34.8 Å². The number of thiazole rings is 1. The minimum absolute atomic E-state index is 0. The minimum atomic E-state index is 0. The molecule has 2 fully saturated rings. The van der Waals surface area contributed by atoms with Crippen LogP contribution in [0.25, 0.3) is 0 Å². The van der Waals surface area contributed by atoms with Crippen LogP contribution in [0.4, 0.5) is 5.13 Å². The van der Waals surface area contributed by atoms with E-state index in [2.05, 4.69) is 22.5 Å². The van der Waals surface area contributed by atoms with Gasteiger partial charge in [0.25, 0.3) is 0 Å². The van der Waals surface area contributed by atoms with Gasteiger partial charge in [0.1, 0.15) is 0 Å². The third-order valence-corrected chi connectivity index (χ3v) is 6.95. The highest BCUT2D eigenvalue weighted by Gasteiger charge is 2.34. The van der Waals surface area contributed by atoms with Crippen molar-refractivity contribution in [2.24, 2.45) is 11.8 Å². The lowest BCUT2D eigenvalue weighted by Gasteiger charge is -2.28. The summed E-state index contributed by atoms with van der Waals surface area (Å²) in [5.74, 6) is 1.51. The van der Waals surface area contributed by atoms with Gasteiger partial charge >= 0.3 is 0 Å². The van der Waals surface area contributed by atoms with Crippen LogP contribution in [0, 0.1) is 11.8 Å². The van der Waals surface area contributed by atoms with Gasteiger partial charge in [0.05, 0.1) is 5.69 Å². The molecule has 1 aromatic rings. The predicted octanol–water partition coefficient (Wildman–Crippen LogP) is 3.94. The third-order valence-electron chi connectivity index (χ3n) is 5.91. The molecule has 0 radical (unpaired) electrons. The highest BCUT2D eigenvalue weighted by atomic mass is 35.5. The zero-order valence-electron chi connectivity index (χ0n) is 14.3. The molecule has 2 saturated heterocycles. The predicted molar refractivity (Wildman–Crippen MR) is 101 cm³/mol. The van der Waals surface area contributed by atoms with Gasteiger partial charge in [0.15, 0.2) is 5.13 Å². The van der Waals surface area contributed by atoms with E-state index in [-0.39, 0.29) is 18.3 Å². The van der Waals surface area contributed by atoms with E-state index < -0.39 is 0 Å². The van der Waals surface area contributed by atoms with Crippen LogP contribution in [0.3, 0.4) is 0 Å². The second kappa shape index (κ2) is 7.71. The van der Waals surface area contributed by atoms with Crippen LogP contribution in [0.2, 0.25) is 0 Å². The Bertz CT molecular complexity index is 579. The molecular formula is C18H28ClN3OS. The number of aromatic nitrogens is 1. The van der Waals surface area contributed by atoms with E-state index in [0.29, 0.717) is 24.4 Å². The van der Waals surface area contributed by atoms with Gasteiger partial charge in [-0.1, -0.05) is 13.3 Å². The second-order valence-electron chi connectivity index (χ2n) is 7.63. The molecule has 3 atom stereocenters. The largest absolute Gasteiger partial charge is 0.311 e. The maximum atomic E-state index is 12.4. The first-order valence-electron chi connectivity index (χ1n) is 9.24. The lowest BCUT2D eigenvalue weighted by atomic mass is 9.89. The van der Waals surface area contributed by atoms with Gasteiger partial charge in [-0.05, 0) is 56.8 Å². The lowest BCUT2D eigenvalue weighted by molar-refractivity contribution is -0.117. The number of hydrogen-bond acceptors (Lipinski definition) is 4. The van der Waals surface area contributed by atoms with E-state index >= 15 is 0 Å². The summed E-state index contributed by atoms with van der Waals surface area (Å²) in [6.07, 6.45) is 10.3. The van der Waals surface area contributed by atoms with Crippen molar-refractivity contribution in [2.45, 2.75) is 76.8 Å². The summed E-state index contributed by atoms with van der Waals surface area (Å²) in [7, 11) is 0. The first kappa shape index (κ1) is 18.2. The van der Waals surface area contributed by atoms with Crippen molar-refractivity contribution in [3.63, 3.8) is 0 Å². The number of carbonyl (C=O) groups excluding carboxylic acids is 1. The van der Waals surface area contributed by atoms with Gasteiger partial charge in [0.2, 0.25) is 5.91 Å². The van der Waals surface area contributed by atoms with Crippen LogP contribution in [0.15, 0.2) is 0 Å². The fourth-order valence-electron chi connectivity index (χ4n) is 4.62. The zero-order valence-corrected chi connectivity index (χ0v) is 16.0. The number of fused-ring (bicyclic) bond motifs is 3. The molecular weight excluding hydrogens is 342 g/mol. The molecule has 1 amide bonds. The van der Waals surface area contributed by atoms with Gasteiger partial charge < -0.3 is 10.6 Å². The summed E-state index contributed by atoms with van der Waals surface area (Å²) in [5.41, 5.74) is 1.23. The number of hydrogen-bond donors (Lipinski definition) is 2. The number of amides is 1. The number of aryl methyl sites for hydroxylation is 1. The zero-order chi connectivity index (χ0) is 15.8. The first-order chi connectivity index (χ1) is 11.2. The van der Waals surface area contributed by atoms with Gasteiger partial charge in [0, 0.05) is 23.4 Å². The SMILES string of the molecule is CCC1CCc2nc(NC(=O)CC3CC4CCC(C3)N4)sc2C1.Cl. The molecule has 6 heteroatoms. The van der Waals surface area contributed by atoms with Crippen LogP contribution in [0.5, 0.6) is 0 Å². The number of halogens is 1. The van der Waals surface area contributed by atoms with Gasteiger partial charge in [-0.25, -0.2) is 4.98 Å². The maximum Gasteiger partial charge on any atom is 0.226 e. The molecule has 0 aromatic carbocycles. The smallest absolute Gasteiger partial charge is 0.226 e. The van der Waals surface area contributed by atoms with Crippen molar-refractivity contribution in [2.75, 3.05) is 5.32 Å². The standard InChI is InChI=1S/C18H27N3OS.ClH/c1-2-11-3-6-15-16(9-11)23-18(20-15)21-17(22)10-12-7-13-4-5-14(8-12)19-13;/h11-14,19H,2-10H2,1H3,(H,20,21,22);1H. The first-order valence-corrected chi connectivity index (χ1v) is 10.1. The average molecular weight is 370 g/mol. The fraction of sp³-hybridized carbons (Fsp3) is 0.778. The van der Waals surface area contributed by atoms with Gasteiger partial charge in [-0.2, -0.15) is 0 Å². The van der Waals surface area contributed by atoms with E-state index in [0.717, 1.165) is 36.7 Å². The molecule has 3 aliphatic rings. The van der Waals surface area contributed by atoms with Crippen molar-refractivity contribution in [3.8, 4) is 0 Å². The summed E-state index contributed by atoms with van der Waals surface area (Å²) >= 11 is 1.70. The molecule has 0 spiro atoms. The van der Waals surface area contributed by atoms with Crippen LogP contribution in [-0.2, 0) is 17.6 Å². The van der Waals surface area contributed by atoms with E-state index in [1.165, 1.54) is 36.3 Å². The number of rotatable bonds is 4. The molecule has 24 heavy (non-hydrogen) atoms. The summed E-state index contributed by atoms with van der Waals surface area (Å²) in [5, 5.41) is 7.55. The van der Waals surface area contributed by atoms with Crippen molar-refractivity contribution < 1.29 is 4.79 Å². The Balaban J connectivity index is 0.00000169. The van der Waals surface area contributed by atoms with Gasteiger partial charge in [-0.3, -0.25) is 4.79 Å². The molecule has 3 heterocycles. The molecule has 1 aliphatic carbocycles. The lowest BCUT2D eigenvalue weighted by Crippen LogP contribution is -2.39.